The largest absolute Gasteiger partial charge is 0.299 e. The molecule has 2 aliphatic rings. The number of fused-ring (bicyclic) bond motifs is 3. The van der Waals surface area contributed by atoms with Gasteiger partial charge in [0, 0.05) is 34.3 Å². The second-order valence-corrected chi connectivity index (χ2v) is 9.40. The smallest absolute Gasteiger partial charge is 0.198 e. The van der Waals surface area contributed by atoms with Gasteiger partial charge in [-0.15, -0.1) is 21.5 Å². The molecule has 0 saturated heterocycles. The van der Waals surface area contributed by atoms with Crippen molar-refractivity contribution in [2.75, 3.05) is 0 Å². The Labute approximate surface area is 170 Å². The molecule has 0 radical (unpaired) electrons. The van der Waals surface area contributed by atoms with Crippen LogP contribution in [0.1, 0.15) is 41.6 Å². The standard InChI is InChI=1S/C20H18N6S2/c1-11-22-18-16(14-5-2-6-15(14)27-18)19(23-11)28-20-25-24-17(26(20)13-7-8-13)12-4-3-9-21-10-12/h3-4,9-10,13H,2,5-8H2,1H3. The monoisotopic (exact) mass is 406 g/mol. The van der Waals surface area contributed by atoms with Gasteiger partial charge >= 0.3 is 0 Å². The lowest BCUT2D eigenvalue weighted by Gasteiger charge is -2.09. The Morgan fingerprint density at radius 1 is 1.18 bits per heavy atom. The molecule has 8 heteroatoms. The fraction of sp³-hybridized carbons (Fsp3) is 0.350. The first kappa shape index (κ1) is 16.6. The van der Waals surface area contributed by atoms with E-state index in [1.165, 1.54) is 41.5 Å². The number of hydrogen-bond donors (Lipinski definition) is 0. The van der Waals surface area contributed by atoms with E-state index in [0.717, 1.165) is 38.6 Å². The minimum atomic E-state index is 0.472. The molecule has 2 aliphatic carbocycles. The van der Waals surface area contributed by atoms with Gasteiger partial charge in [0.15, 0.2) is 11.0 Å². The van der Waals surface area contributed by atoms with Gasteiger partial charge in [-0.3, -0.25) is 9.55 Å². The van der Waals surface area contributed by atoms with Crippen molar-refractivity contribution in [3.63, 3.8) is 0 Å². The van der Waals surface area contributed by atoms with Crippen LogP contribution in [0, 0.1) is 6.92 Å². The molecule has 140 valence electrons. The fourth-order valence-corrected chi connectivity index (χ4v) is 6.38. The van der Waals surface area contributed by atoms with Crippen LogP contribution in [0.5, 0.6) is 0 Å². The summed E-state index contributed by atoms with van der Waals surface area (Å²) >= 11 is 3.47. The quantitative estimate of drug-likeness (QED) is 0.460. The van der Waals surface area contributed by atoms with Crippen molar-refractivity contribution in [2.45, 2.75) is 55.3 Å². The molecule has 1 saturated carbocycles. The second kappa shape index (κ2) is 6.35. The molecule has 0 spiro atoms. The van der Waals surface area contributed by atoms with E-state index in [1.54, 1.807) is 18.0 Å². The average Bonchev–Trinajstić information content (AvgIpc) is 3.12. The molecule has 4 aromatic heterocycles. The van der Waals surface area contributed by atoms with Gasteiger partial charge in [0.2, 0.25) is 0 Å². The van der Waals surface area contributed by atoms with Crippen LogP contribution in [0.15, 0.2) is 34.7 Å². The Hall–Kier alpha value is -2.32. The van der Waals surface area contributed by atoms with E-state index in [2.05, 4.69) is 19.7 Å². The lowest BCUT2D eigenvalue weighted by Crippen LogP contribution is -2.00. The van der Waals surface area contributed by atoms with Crippen molar-refractivity contribution < 1.29 is 0 Å². The summed E-state index contributed by atoms with van der Waals surface area (Å²) in [5.74, 6) is 1.72. The van der Waals surface area contributed by atoms with Crippen LogP contribution in [0.3, 0.4) is 0 Å². The van der Waals surface area contributed by atoms with E-state index < -0.39 is 0 Å². The van der Waals surface area contributed by atoms with Gasteiger partial charge in [-0.05, 0) is 68.5 Å². The van der Waals surface area contributed by atoms with E-state index in [1.807, 2.05) is 36.6 Å². The average molecular weight is 407 g/mol. The molecule has 0 bridgehead atoms. The van der Waals surface area contributed by atoms with E-state index >= 15 is 0 Å². The third-order valence-electron chi connectivity index (χ3n) is 5.33. The van der Waals surface area contributed by atoms with E-state index in [0.29, 0.717) is 6.04 Å². The van der Waals surface area contributed by atoms with Gasteiger partial charge in [0.05, 0.1) is 0 Å². The number of nitrogens with zero attached hydrogens (tertiary/aromatic N) is 6. The van der Waals surface area contributed by atoms with Gasteiger partial charge in [-0.25, -0.2) is 9.97 Å². The molecular weight excluding hydrogens is 388 g/mol. The van der Waals surface area contributed by atoms with Crippen molar-refractivity contribution in [2.24, 2.45) is 0 Å². The minimum absolute atomic E-state index is 0.472. The molecule has 4 heterocycles. The Morgan fingerprint density at radius 3 is 2.93 bits per heavy atom. The number of rotatable bonds is 4. The summed E-state index contributed by atoms with van der Waals surface area (Å²) in [6, 6.07) is 4.46. The van der Waals surface area contributed by atoms with Crippen LogP contribution < -0.4 is 0 Å². The van der Waals surface area contributed by atoms with Crippen molar-refractivity contribution in [1.29, 1.82) is 0 Å². The minimum Gasteiger partial charge on any atom is -0.299 e. The van der Waals surface area contributed by atoms with Gasteiger partial charge in [0.1, 0.15) is 15.7 Å². The Kier molecular flexibility index (Phi) is 3.77. The lowest BCUT2D eigenvalue weighted by molar-refractivity contribution is 0.668. The topological polar surface area (TPSA) is 69.4 Å². The van der Waals surface area contributed by atoms with Crippen molar-refractivity contribution in [1.82, 2.24) is 29.7 Å². The first-order chi connectivity index (χ1) is 13.8. The second-order valence-electron chi connectivity index (χ2n) is 7.36. The Morgan fingerprint density at radius 2 is 2.11 bits per heavy atom. The van der Waals surface area contributed by atoms with Crippen LogP contribution in [0.25, 0.3) is 21.6 Å². The summed E-state index contributed by atoms with van der Waals surface area (Å²) in [6.45, 7) is 1.97. The molecule has 6 nitrogen and oxygen atoms in total. The molecule has 0 unspecified atom stereocenters. The van der Waals surface area contributed by atoms with E-state index in [4.69, 9.17) is 9.97 Å². The van der Waals surface area contributed by atoms with E-state index in [9.17, 15) is 0 Å². The third-order valence-corrected chi connectivity index (χ3v) is 7.46. The maximum absolute atomic E-state index is 4.81. The maximum atomic E-state index is 4.81. The van der Waals surface area contributed by atoms with Gasteiger partial charge in [-0.1, -0.05) is 0 Å². The lowest BCUT2D eigenvalue weighted by atomic mass is 10.2. The summed E-state index contributed by atoms with van der Waals surface area (Å²) in [5, 5.41) is 12.2. The number of aromatic nitrogens is 6. The van der Waals surface area contributed by atoms with Crippen molar-refractivity contribution in [3.05, 3.63) is 40.8 Å². The maximum Gasteiger partial charge on any atom is 0.198 e. The number of aryl methyl sites for hydroxylation is 3. The predicted molar refractivity (Wildman–Crippen MR) is 110 cm³/mol. The van der Waals surface area contributed by atoms with Crippen LogP contribution in [-0.4, -0.2) is 29.7 Å². The number of thiophene rings is 1. The molecule has 0 aliphatic heterocycles. The van der Waals surface area contributed by atoms with Crippen molar-refractivity contribution in [3.8, 4) is 11.4 Å². The molecule has 0 atom stereocenters. The molecule has 28 heavy (non-hydrogen) atoms. The zero-order valence-electron chi connectivity index (χ0n) is 15.4. The SMILES string of the molecule is Cc1nc(Sc2nnc(-c3cccnc3)n2C2CC2)c2c3c(sc2n1)CCC3. The molecule has 0 N–H and O–H groups in total. The highest BCUT2D eigenvalue weighted by Gasteiger charge is 2.31. The van der Waals surface area contributed by atoms with Crippen LogP contribution >= 0.6 is 23.1 Å². The van der Waals surface area contributed by atoms with Gasteiger partial charge in [0.25, 0.3) is 0 Å². The Bertz CT molecular complexity index is 1190. The molecule has 0 amide bonds. The summed E-state index contributed by atoms with van der Waals surface area (Å²) in [5.41, 5.74) is 2.46. The first-order valence-electron chi connectivity index (χ1n) is 9.60. The molecule has 4 aromatic rings. The highest BCUT2D eigenvalue weighted by atomic mass is 32.2. The molecule has 1 fully saturated rings. The number of pyridine rings is 1. The predicted octanol–water partition coefficient (Wildman–Crippen LogP) is 4.63. The first-order valence-corrected chi connectivity index (χ1v) is 11.2. The van der Waals surface area contributed by atoms with Crippen LogP contribution in [0.2, 0.25) is 0 Å². The fourth-order valence-electron chi connectivity index (χ4n) is 3.92. The highest BCUT2D eigenvalue weighted by molar-refractivity contribution is 7.99. The zero-order valence-corrected chi connectivity index (χ0v) is 17.1. The normalized spacial score (nSPS) is 16.0. The van der Waals surface area contributed by atoms with Crippen LogP contribution in [-0.2, 0) is 12.8 Å². The molecular formula is C20H18N6S2. The zero-order chi connectivity index (χ0) is 18.7. The van der Waals surface area contributed by atoms with Gasteiger partial charge in [-0.2, -0.15) is 0 Å². The van der Waals surface area contributed by atoms with Gasteiger partial charge < -0.3 is 0 Å². The summed E-state index contributed by atoms with van der Waals surface area (Å²) in [7, 11) is 0. The molecule has 6 rings (SSSR count). The van der Waals surface area contributed by atoms with E-state index in [-0.39, 0.29) is 0 Å². The summed E-state index contributed by atoms with van der Waals surface area (Å²) < 4.78 is 2.28. The van der Waals surface area contributed by atoms with Crippen molar-refractivity contribution >= 4 is 33.3 Å². The van der Waals surface area contributed by atoms with Crippen LogP contribution in [0.4, 0.5) is 0 Å². The summed E-state index contributed by atoms with van der Waals surface area (Å²) in [6.07, 6.45) is 9.52. The Balaban J connectivity index is 1.48. The highest BCUT2D eigenvalue weighted by Crippen LogP contribution is 2.45. The molecule has 0 aromatic carbocycles. The summed E-state index contributed by atoms with van der Waals surface area (Å²) in [4.78, 5) is 16.4. The number of hydrogen-bond acceptors (Lipinski definition) is 7. The third kappa shape index (κ3) is 2.66.